The third-order valence-corrected chi connectivity index (χ3v) is 2.78. The Bertz CT molecular complexity index is 507. The molecule has 0 aromatic heterocycles. The topological polar surface area (TPSA) is 180 Å². The lowest BCUT2D eigenvalue weighted by atomic mass is 10.3. The molecule has 0 aliphatic heterocycles. The van der Waals surface area contributed by atoms with Crippen molar-refractivity contribution in [3.05, 3.63) is 0 Å². The summed E-state index contributed by atoms with van der Waals surface area (Å²) in [6, 6.07) is -2.79. The van der Waals surface area contributed by atoms with Gasteiger partial charge in [-0.25, -0.2) is 0 Å². The molecule has 0 rings (SSSR count). The first kappa shape index (κ1) is 21.3. The Morgan fingerprint density at radius 3 is 1.67 bits per heavy atom. The summed E-state index contributed by atoms with van der Waals surface area (Å²) in [5, 5.41) is 17.6. The summed E-state index contributed by atoms with van der Waals surface area (Å²) >= 11 is 0. The molecule has 3 atom stereocenters. The average molecular weight is 345 g/mol. The van der Waals surface area contributed by atoms with Gasteiger partial charge in [-0.05, 0) is 20.8 Å². The molecule has 0 saturated carbocycles. The highest BCUT2D eigenvalue weighted by Crippen LogP contribution is 1.84. The molecule has 11 heteroatoms. The number of aliphatic carboxylic acids is 1. The molecule has 0 aliphatic carbocycles. The summed E-state index contributed by atoms with van der Waals surface area (Å²) in [6.45, 7) is 3.35. The first-order chi connectivity index (χ1) is 11.0. The van der Waals surface area contributed by atoms with Crippen molar-refractivity contribution in [1.29, 1.82) is 0 Å². The number of carboxylic acid groups (broad SMARTS) is 1. The largest absolute Gasteiger partial charge is 0.480 e. The monoisotopic (exact) mass is 345 g/mol. The second-order valence-corrected chi connectivity index (χ2v) is 5.14. The molecule has 0 saturated heterocycles. The van der Waals surface area contributed by atoms with Gasteiger partial charge >= 0.3 is 5.97 Å². The number of amides is 4. The van der Waals surface area contributed by atoms with Crippen molar-refractivity contribution in [3.63, 3.8) is 0 Å². The number of nitrogens with two attached hydrogens (primary N) is 1. The van der Waals surface area contributed by atoms with Crippen molar-refractivity contribution < 1.29 is 29.1 Å². The molecule has 11 nitrogen and oxygen atoms in total. The zero-order valence-corrected chi connectivity index (χ0v) is 13.7. The molecular formula is C13H23N5O6. The van der Waals surface area contributed by atoms with Crippen LogP contribution in [0.5, 0.6) is 0 Å². The van der Waals surface area contributed by atoms with Crippen LogP contribution in [0.4, 0.5) is 0 Å². The quantitative estimate of drug-likeness (QED) is 0.253. The maximum Gasteiger partial charge on any atom is 0.325 e. The van der Waals surface area contributed by atoms with Gasteiger partial charge in [-0.2, -0.15) is 0 Å². The molecule has 0 aromatic rings. The summed E-state index contributed by atoms with van der Waals surface area (Å²) in [7, 11) is 0. The Labute approximate surface area is 138 Å². The molecule has 0 aromatic carbocycles. The van der Waals surface area contributed by atoms with Crippen molar-refractivity contribution in [1.82, 2.24) is 21.3 Å². The molecule has 0 unspecified atom stereocenters. The Kier molecular flexibility index (Phi) is 9.02. The van der Waals surface area contributed by atoms with Crippen molar-refractivity contribution in [2.45, 2.75) is 38.9 Å². The van der Waals surface area contributed by atoms with Crippen LogP contribution in [0.1, 0.15) is 20.8 Å². The van der Waals surface area contributed by atoms with Gasteiger partial charge in [-0.1, -0.05) is 0 Å². The maximum atomic E-state index is 11.7. The SMILES string of the molecule is C[C@H](N)C(=O)NCC(=O)N[C@@H](C)C(=O)NCC(=O)N[C@@H](C)C(=O)O. The molecule has 7 N–H and O–H groups in total. The van der Waals surface area contributed by atoms with Crippen LogP contribution in [0.25, 0.3) is 0 Å². The fraction of sp³-hybridized carbons (Fsp3) is 0.615. The number of nitrogens with one attached hydrogen (secondary N) is 4. The standard InChI is InChI=1S/C13H23N5O6/c1-6(14)11(21)15-4-9(19)17-7(2)12(22)16-5-10(20)18-8(3)13(23)24/h6-8H,4-5,14H2,1-3H3,(H,15,21)(H,16,22)(H,17,19)(H,18,20)(H,23,24)/t6-,7-,8-/m0/s1. The van der Waals surface area contributed by atoms with Crippen LogP contribution in [0.3, 0.4) is 0 Å². The van der Waals surface area contributed by atoms with Crippen molar-refractivity contribution in [2.24, 2.45) is 5.73 Å². The van der Waals surface area contributed by atoms with Crippen LogP contribution in [-0.4, -0.2) is 65.9 Å². The molecule has 24 heavy (non-hydrogen) atoms. The van der Waals surface area contributed by atoms with Gasteiger partial charge in [0, 0.05) is 0 Å². The molecule has 0 fully saturated rings. The van der Waals surface area contributed by atoms with E-state index in [9.17, 15) is 24.0 Å². The van der Waals surface area contributed by atoms with Crippen LogP contribution >= 0.6 is 0 Å². The smallest absolute Gasteiger partial charge is 0.325 e. The average Bonchev–Trinajstić information content (AvgIpc) is 2.49. The van der Waals surface area contributed by atoms with Gasteiger partial charge in [0.05, 0.1) is 19.1 Å². The van der Waals surface area contributed by atoms with E-state index in [0.29, 0.717) is 0 Å². The lowest BCUT2D eigenvalue weighted by Crippen LogP contribution is -2.51. The summed E-state index contributed by atoms with van der Waals surface area (Å²) in [4.78, 5) is 56.4. The third-order valence-electron chi connectivity index (χ3n) is 2.78. The van der Waals surface area contributed by atoms with E-state index in [4.69, 9.17) is 10.8 Å². The highest BCUT2D eigenvalue weighted by atomic mass is 16.4. The van der Waals surface area contributed by atoms with E-state index in [1.54, 1.807) is 0 Å². The lowest BCUT2D eigenvalue weighted by molar-refractivity contribution is -0.141. The normalized spacial score (nSPS) is 13.8. The third kappa shape index (κ3) is 8.68. The van der Waals surface area contributed by atoms with Crippen LogP contribution in [-0.2, 0) is 24.0 Å². The molecule has 0 spiro atoms. The zero-order valence-electron chi connectivity index (χ0n) is 13.7. The maximum absolute atomic E-state index is 11.7. The molecule has 0 bridgehead atoms. The minimum Gasteiger partial charge on any atom is -0.480 e. The fourth-order valence-corrected chi connectivity index (χ4v) is 1.36. The Morgan fingerprint density at radius 2 is 1.25 bits per heavy atom. The van der Waals surface area contributed by atoms with Crippen LogP contribution in [0.15, 0.2) is 0 Å². The Morgan fingerprint density at radius 1 is 0.833 bits per heavy atom. The molecule has 136 valence electrons. The van der Waals surface area contributed by atoms with Gasteiger partial charge in [0.2, 0.25) is 23.6 Å². The summed E-state index contributed by atoms with van der Waals surface area (Å²) in [5.41, 5.74) is 5.31. The van der Waals surface area contributed by atoms with Gasteiger partial charge in [0.1, 0.15) is 12.1 Å². The van der Waals surface area contributed by atoms with Crippen molar-refractivity contribution in [3.8, 4) is 0 Å². The van der Waals surface area contributed by atoms with E-state index in [2.05, 4.69) is 21.3 Å². The number of carbonyl (C=O) groups is 5. The van der Waals surface area contributed by atoms with Gasteiger partial charge < -0.3 is 32.1 Å². The highest BCUT2D eigenvalue weighted by Gasteiger charge is 2.18. The van der Waals surface area contributed by atoms with Crippen LogP contribution in [0, 0.1) is 0 Å². The van der Waals surface area contributed by atoms with Gasteiger partial charge in [0.25, 0.3) is 0 Å². The summed E-state index contributed by atoms with van der Waals surface area (Å²) in [5.74, 6) is -3.63. The van der Waals surface area contributed by atoms with E-state index in [1.807, 2.05) is 0 Å². The first-order valence-corrected chi connectivity index (χ1v) is 7.17. The number of carbonyl (C=O) groups excluding carboxylic acids is 4. The fourth-order valence-electron chi connectivity index (χ4n) is 1.36. The van der Waals surface area contributed by atoms with Gasteiger partial charge in [-0.3, -0.25) is 24.0 Å². The summed E-state index contributed by atoms with van der Waals surface area (Å²) < 4.78 is 0. The Hall–Kier alpha value is -2.69. The van der Waals surface area contributed by atoms with Crippen molar-refractivity contribution >= 4 is 29.6 Å². The molecule has 4 amide bonds. The molecule has 0 radical (unpaired) electrons. The number of hydrogen-bond acceptors (Lipinski definition) is 6. The second kappa shape index (κ2) is 10.2. The van der Waals surface area contributed by atoms with Crippen LogP contribution in [0.2, 0.25) is 0 Å². The Balaban J connectivity index is 4.14. The number of hydrogen-bond donors (Lipinski definition) is 6. The van der Waals surface area contributed by atoms with E-state index >= 15 is 0 Å². The van der Waals surface area contributed by atoms with Crippen LogP contribution < -0.4 is 27.0 Å². The molecule has 0 heterocycles. The van der Waals surface area contributed by atoms with E-state index in [0.717, 1.165) is 0 Å². The lowest BCUT2D eigenvalue weighted by Gasteiger charge is -2.15. The molecular weight excluding hydrogens is 322 g/mol. The zero-order chi connectivity index (χ0) is 18.9. The summed E-state index contributed by atoms with van der Waals surface area (Å²) in [6.07, 6.45) is 0. The molecule has 0 aliphatic rings. The van der Waals surface area contributed by atoms with Gasteiger partial charge in [0.15, 0.2) is 0 Å². The highest BCUT2D eigenvalue weighted by molar-refractivity contribution is 5.92. The predicted molar refractivity (Wildman–Crippen MR) is 82.5 cm³/mol. The minimum absolute atomic E-state index is 0.339. The van der Waals surface area contributed by atoms with Gasteiger partial charge in [-0.15, -0.1) is 0 Å². The minimum atomic E-state index is -1.20. The number of rotatable bonds is 9. The predicted octanol–water partition coefficient (Wildman–Crippen LogP) is -3.34. The van der Waals surface area contributed by atoms with E-state index in [-0.39, 0.29) is 6.54 Å². The van der Waals surface area contributed by atoms with Crippen molar-refractivity contribution in [2.75, 3.05) is 13.1 Å². The number of carboxylic acids is 1. The second-order valence-electron chi connectivity index (χ2n) is 5.14. The van der Waals surface area contributed by atoms with E-state index < -0.39 is 54.3 Å². The first-order valence-electron chi connectivity index (χ1n) is 7.17. The van der Waals surface area contributed by atoms with E-state index in [1.165, 1.54) is 20.8 Å².